The summed E-state index contributed by atoms with van der Waals surface area (Å²) in [7, 11) is 2.01. The quantitative estimate of drug-likeness (QED) is 0.563. The van der Waals surface area contributed by atoms with Gasteiger partial charge in [0.15, 0.2) is 5.16 Å². The van der Waals surface area contributed by atoms with E-state index in [0.29, 0.717) is 0 Å². The molecule has 102 valence electrons. The van der Waals surface area contributed by atoms with Gasteiger partial charge in [0.1, 0.15) is 0 Å². The van der Waals surface area contributed by atoms with E-state index in [9.17, 15) is 0 Å². The smallest absolute Gasteiger partial charge is 0.227 e. The van der Waals surface area contributed by atoms with Gasteiger partial charge in [-0.15, -0.1) is 10.2 Å². The molecule has 1 saturated heterocycles. The van der Waals surface area contributed by atoms with Crippen LogP contribution in [0.25, 0.3) is 0 Å². The summed E-state index contributed by atoms with van der Waals surface area (Å²) in [5, 5.41) is 9.43. The van der Waals surface area contributed by atoms with Crippen LogP contribution >= 0.6 is 11.8 Å². The molecule has 0 bridgehead atoms. The predicted octanol–water partition coefficient (Wildman–Crippen LogP) is 0.780. The molecule has 1 aromatic rings. The minimum atomic E-state index is 0.751. The summed E-state index contributed by atoms with van der Waals surface area (Å²) in [5.41, 5.74) is 0. The number of thioether (sulfide) groups is 1. The molecule has 2 heterocycles. The van der Waals surface area contributed by atoms with Crippen LogP contribution in [0.4, 0.5) is 5.95 Å². The molecule has 0 saturated carbocycles. The standard InChI is InChI=1S/C11H20N4O2S/c1-3-16-8-9-18-11-13-12-10(14(11)2)15-4-6-17-7-5-15/h3-9H2,1-2H3. The van der Waals surface area contributed by atoms with Crippen LogP contribution in [0.1, 0.15) is 6.92 Å². The summed E-state index contributed by atoms with van der Waals surface area (Å²) < 4.78 is 12.7. The molecule has 0 amide bonds. The Balaban J connectivity index is 1.90. The summed E-state index contributed by atoms with van der Waals surface area (Å²) in [6.07, 6.45) is 0. The first-order valence-electron chi connectivity index (χ1n) is 6.25. The van der Waals surface area contributed by atoms with Crippen LogP contribution in [-0.4, -0.2) is 60.0 Å². The van der Waals surface area contributed by atoms with Crippen LogP contribution in [0.2, 0.25) is 0 Å². The van der Waals surface area contributed by atoms with Crippen molar-refractivity contribution in [3.63, 3.8) is 0 Å². The van der Waals surface area contributed by atoms with E-state index < -0.39 is 0 Å². The van der Waals surface area contributed by atoms with E-state index in [2.05, 4.69) is 15.1 Å². The molecule has 0 N–H and O–H groups in total. The molecule has 1 aliphatic rings. The maximum atomic E-state index is 5.34. The van der Waals surface area contributed by atoms with Crippen molar-refractivity contribution in [3.05, 3.63) is 0 Å². The normalized spacial score (nSPS) is 16.2. The number of hydrogen-bond donors (Lipinski definition) is 0. The average Bonchev–Trinajstić information content (AvgIpc) is 2.77. The van der Waals surface area contributed by atoms with Gasteiger partial charge < -0.3 is 14.4 Å². The Morgan fingerprint density at radius 1 is 1.33 bits per heavy atom. The number of hydrogen-bond acceptors (Lipinski definition) is 6. The largest absolute Gasteiger partial charge is 0.381 e. The van der Waals surface area contributed by atoms with Gasteiger partial charge in [-0.3, -0.25) is 4.57 Å². The minimum Gasteiger partial charge on any atom is -0.381 e. The van der Waals surface area contributed by atoms with E-state index in [1.807, 2.05) is 18.5 Å². The molecular weight excluding hydrogens is 252 g/mol. The lowest BCUT2D eigenvalue weighted by Gasteiger charge is -2.27. The van der Waals surface area contributed by atoms with Crippen molar-refractivity contribution in [2.45, 2.75) is 12.1 Å². The molecule has 0 aliphatic carbocycles. The van der Waals surface area contributed by atoms with Gasteiger partial charge in [0, 0.05) is 32.5 Å². The van der Waals surface area contributed by atoms with Crippen molar-refractivity contribution < 1.29 is 9.47 Å². The molecule has 7 heteroatoms. The highest BCUT2D eigenvalue weighted by Crippen LogP contribution is 2.20. The Morgan fingerprint density at radius 2 is 2.11 bits per heavy atom. The highest BCUT2D eigenvalue weighted by Gasteiger charge is 2.18. The van der Waals surface area contributed by atoms with Crippen LogP contribution in [-0.2, 0) is 16.5 Å². The fourth-order valence-electron chi connectivity index (χ4n) is 1.81. The number of nitrogens with zero attached hydrogens (tertiary/aromatic N) is 4. The zero-order valence-corrected chi connectivity index (χ0v) is 11.8. The SMILES string of the molecule is CCOCCSc1nnc(N2CCOCC2)n1C. The lowest BCUT2D eigenvalue weighted by Crippen LogP contribution is -2.37. The zero-order valence-electron chi connectivity index (χ0n) is 11.0. The lowest BCUT2D eigenvalue weighted by atomic mass is 10.4. The summed E-state index contributed by atoms with van der Waals surface area (Å²) in [6, 6.07) is 0. The van der Waals surface area contributed by atoms with Crippen molar-refractivity contribution in [1.29, 1.82) is 0 Å². The van der Waals surface area contributed by atoms with Gasteiger partial charge in [0.05, 0.1) is 19.8 Å². The Morgan fingerprint density at radius 3 is 2.83 bits per heavy atom. The molecular formula is C11H20N4O2S. The van der Waals surface area contributed by atoms with Gasteiger partial charge in [-0.05, 0) is 6.92 Å². The van der Waals surface area contributed by atoms with Crippen molar-refractivity contribution in [2.75, 3.05) is 50.2 Å². The summed E-state index contributed by atoms with van der Waals surface area (Å²) >= 11 is 1.68. The number of anilines is 1. The van der Waals surface area contributed by atoms with Gasteiger partial charge in [-0.1, -0.05) is 11.8 Å². The van der Waals surface area contributed by atoms with E-state index in [0.717, 1.165) is 56.4 Å². The van der Waals surface area contributed by atoms with Crippen LogP contribution in [0.3, 0.4) is 0 Å². The Hall–Kier alpha value is -0.790. The van der Waals surface area contributed by atoms with E-state index in [1.54, 1.807) is 11.8 Å². The second-order valence-electron chi connectivity index (χ2n) is 3.99. The molecule has 2 rings (SSSR count). The van der Waals surface area contributed by atoms with Crippen molar-refractivity contribution >= 4 is 17.7 Å². The molecule has 6 nitrogen and oxygen atoms in total. The number of ether oxygens (including phenoxy) is 2. The average molecular weight is 272 g/mol. The molecule has 0 atom stereocenters. The van der Waals surface area contributed by atoms with Crippen molar-refractivity contribution in [1.82, 2.24) is 14.8 Å². The topological polar surface area (TPSA) is 52.4 Å². The molecule has 0 aromatic carbocycles. The molecule has 1 fully saturated rings. The maximum Gasteiger partial charge on any atom is 0.227 e. The number of morpholine rings is 1. The van der Waals surface area contributed by atoms with Gasteiger partial charge in [0.25, 0.3) is 0 Å². The Kier molecular flexibility index (Phi) is 5.27. The van der Waals surface area contributed by atoms with E-state index in [-0.39, 0.29) is 0 Å². The number of aromatic nitrogens is 3. The Bertz CT molecular complexity index is 366. The van der Waals surface area contributed by atoms with Gasteiger partial charge in [0.2, 0.25) is 5.95 Å². The first kappa shape index (κ1) is 13.6. The molecule has 0 radical (unpaired) electrons. The van der Waals surface area contributed by atoms with Gasteiger partial charge in [-0.25, -0.2) is 0 Å². The maximum absolute atomic E-state index is 5.34. The number of rotatable bonds is 6. The second-order valence-corrected chi connectivity index (χ2v) is 5.05. The van der Waals surface area contributed by atoms with Gasteiger partial charge in [-0.2, -0.15) is 0 Å². The first-order valence-corrected chi connectivity index (χ1v) is 7.24. The van der Waals surface area contributed by atoms with Crippen molar-refractivity contribution in [3.8, 4) is 0 Å². The third kappa shape index (κ3) is 3.37. The predicted molar refractivity (Wildman–Crippen MR) is 71.3 cm³/mol. The summed E-state index contributed by atoms with van der Waals surface area (Å²) in [5.74, 6) is 1.83. The summed E-state index contributed by atoms with van der Waals surface area (Å²) in [6.45, 7) is 6.81. The summed E-state index contributed by atoms with van der Waals surface area (Å²) in [4.78, 5) is 2.21. The molecule has 0 unspecified atom stereocenters. The monoisotopic (exact) mass is 272 g/mol. The van der Waals surface area contributed by atoms with Crippen LogP contribution in [0.5, 0.6) is 0 Å². The fourth-order valence-corrected chi connectivity index (χ4v) is 2.57. The van der Waals surface area contributed by atoms with E-state index in [4.69, 9.17) is 9.47 Å². The molecule has 0 spiro atoms. The third-order valence-electron chi connectivity index (χ3n) is 2.77. The minimum absolute atomic E-state index is 0.751. The molecule has 1 aliphatic heterocycles. The lowest BCUT2D eigenvalue weighted by molar-refractivity contribution is 0.121. The highest BCUT2D eigenvalue weighted by molar-refractivity contribution is 7.99. The Labute approximate surface area is 112 Å². The fraction of sp³-hybridized carbons (Fsp3) is 0.818. The first-order chi connectivity index (χ1) is 8.83. The zero-order chi connectivity index (χ0) is 12.8. The second kappa shape index (κ2) is 6.96. The van der Waals surface area contributed by atoms with Crippen molar-refractivity contribution in [2.24, 2.45) is 7.05 Å². The molecule has 1 aromatic heterocycles. The van der Waals surface area contributed by atoms with Gasteiger partial charge >= 0.3 is 0 Å². The van der Waals surface area contributed by atoms with E-state index in [1.165, 1.54) is 0 Å². The van der Waals surface area contributed by atoms with E-state index >= 15 is 0 Å². The van der Waals surface area contributed by atoms with Crippen LogP contribution in [0.15, 0.2) is 5.16 Å². The molecule has 18 heavy (non-hydrogen) atoms. The van der Waals surface area contributed by atoms with Crippen LogP contribution in [0, 0.1) is 0 Å². The van der Waals surface area contributed by atoms with Crippen LogP contribution < -0.4 is 4.90 Å². The third-order valence-corrected chi connectivity index (χ3v) is 3.75. The highest BCUT2D eigenvalue weighted by atomic mass is 32.2.